The third-order valence-electron chi connectivity index (χ3n) is 3.26. The number of amides is 2. The fourth-order valence-corrected chi connectivity index (χ4v) is 2.98. The van der Waals surface area contributed by atoms with E-state index in [1.807, 2.05) is 31.2 Å². The number of carbonyl (C=O) groups excluding carboxylic acids is 1. The van der Waals surface area contributed by atoms with Crippen LogP contribution < -0.4 is 10.6 Å². The molecule has 0 bridgehead atoms. The quantitative estimate of drug-likeness (QED) is 0.668. The first-order chi connectivity index (χ1) is 11.1. The molecule has 0 radical (unpaired) electrons. The van der Waals surface area contributed by atoms with Crippen molar-refractivity contribution < 1.29 is 14.3 Å². The fraction of sp³-hybridized carbons (Fsp3) is 0.353. The Kier molecular flexibility index (Phi) is 6.55. The lowest BCUT2D eigenvalue weighted by Crippen LogP contribution is -2.37. The molecule has 2 rings (SSSR count). The van der Waals surface area contributed by atoms with Gasteiger partial charge in [-0.1, -0.05) is 19.1 Å². The zero-order valence-electron chi connectivity index (χ0n) is 13.3. The predicted octanol–water partition coefficient (Wildman–Crippen LogP) is 4.03. The summed E-state index contributed by atoms with van der Waals surface area (Å²) >= 11 is 1.68. The minimum Gasteiger partial charge on any atom is -0.467 e. The summed E-state index contributed by atoms with van der Waals surface area (Å²) in [5.74, 6) is 1.44. The number of aliphatic hydroxyl groups is 1. The van der Waals surface area contributed by atoms with Crippen molar-refractivity contribution in [2.45, 2.75) is 37.3 Å². The van der Waals surface area contributed by atoms with E-state index in [1.165, 1.54) is 6.26 Å². The summed E-state index contributed by atoms with van der Waals surface area (Å²) in [5, 5.41) is 15.7. The van der Waals surface area contributed by atoms with E-state index in [2.05, 4.69) is 17.6 Å². The number of rotatable bonds is 7. The first kappa shape index (κ1) is 17.4. The maximum Gasteiger partial charge on any atom is 0.319 e. The Labute approximate surface area is 140 Å². The highest BCUT2D eigenvalue weighted by molar-refractivity contribution is 7.99. The molecule has 2 aromatic rings. The average Bonchev–Trinajstić information content (AvgIpc) is 3.03. The SMILES string of the molecule is CCSc1ccccc1NC(=O)N[C@@H](C)C[C@@H](O)c1ccco1. The van der Waals surface area contributed by atoms with E-state index in [1.54, 1.807) is 23.9 Å². The highest BCUT2D eigenvalue weighted by Crippen LogP contribution is 2.26. The van der Waals surface area contributed by atoms with Crippen molar-refractivity contribution in [3.63, 3.8) is 0 Å². The minimum atomic E-state index is -0.733. The van der Waals surface area contributed by atoms with Crippen LogP contribution in [0.15, 0.2) is 52.0 Å². The van der Waals surface area contributed by atoms with E-state index < -0.39 is 6.10 Å². The monoisotopic (exact) mass is 334 g/mol. The van der Waals surface area contributed by atoms with E-state index in [4.69, 9.17) is 4.42 Å². The number of furan rings is 1. The number of para-hydroxylation sites is 1. The number of carbonyl (C=O) groups is 1. The van der Waals surface area contributed by atoms with Gasteiger partial charge >= 0.3 is 6.03 Å². The Morgan fingerprint density at radius 3 is 2.78 bits per heavy atom. The van der Waals surface area contributed by atoms with Crippen molar-refractivity contribution in [1.82, 2.24) is 5.32 Å². The van der Waals surface area contributed by atoms with Crippen LogP contribution in [0.25, 0.3) is 0 Å². The predicted molar refractivity (Wildman–Crippen MR) is 92.7 cm³/mol. The standard InChI is InChI=1S/C17H22N2O3S/c1-3-23-16-9-5-4-7-13(16)19-17(21)18-12(2)11-14(20)15-8-6-10-22-15/h4-10,12,14,20H,3,11H2,1-2H3,(H2,18,19,21)/t12-,14+/m0/s1. The summed E-state index contributed by atoms with van der Waals surface area (Å²) in [7, 11) is 0. The Morgan fingerprint density at radius 2 is 2.09 bits per heavy atom. The van der Waals surface area contributed by atoms with E-state index in [0.717, 1.165) is 16.3 Å². The second-order valence-electron chi connectivity index (χ2n) is 5.20. The highest BCUT2D eigenvalue weighted by atomic mass is 32.2. The smallest absolute Gasteiger partial charge is 0.319 e. The van der Waals surface area contributed by atoms with Gasteiger partial charge in [-0.15, -0.1) is 11.8 Å². The number of aliphatic hydroxyl groups excluding tert-OH is 1. The van der Waals surface area contributed by atoms with Crippen LogP contribution in [-0.2, 0) is 0 Å². The Hall–Kier alpha value is -1.92. The summed E-state index contributed by atoms with van der Waals surface area (Å²) in [5.41, 5.74) is 0.788. The Balaban J connectivity index is 1.87. The molecule has 3 N–H and O–H groups in total. The molecule has 0 saturated carbocycles. The maximum atomic E-state index is 12.1. The van der Waals surface area contributed by atoms with Gasteiger partial charge in [0.1, 0.15) is 11.9 Å². The van der Waals surface area contributed by atoms with Crippen molar-refractivity contribution >= 4 is 23.5 Å². The molecule has 0 aliphatic heterocycles. The van der Waals surface area contributed by atoms with Gasteiger partial charge in [0.2, 0.25) is 0 Å². The largest absolute Gasteiger partial charge is 0.467 e. The number of hydrogen-bond donors (Lipinski definition) is 3. The molecule has 1 aromatic carbocycles. The van der Waals surface area contributed by atoms with Crippen LogP contribution >= 0.6 is 11.8 Å². The second-order valence-corrected chi connectivity index (χ2v) is 6.50. The zero-order chi connectivity index (χ0) is 16.7. The van der Waals surface area contributed by atoms with Gasteiger partial charge in [-0.25, -0.2) is 4.79 Å². The minimum absolute atomic E-state index is 0.193. The lowest BCUT2D eigenvalue weighted by atomic mass is 10.1. The number of urea groups is 1. The van der Waals surface area contributed by atoms with Gasteiger partial charge < -0.3 is 20.2 Å². The van der Waals surface area contributed by atoms with Crippen molar-refractivity contribution in [3.8, 4) is 0 Å². The number of thioether (sulfide) groups is 1. The fourth-order valence-electron chi connectivity index (χ4n) is 2.22. The topological polar surface area (TPSA) is 74.5 Å². The lowest BCUT2D eigenvalue weighted by molar-refractivity contribution is 0.130. The van der Waals surface area contributed by atoms with Gasteiger partial charge in [-0.05, 0) is 36.9 Å². The van der Waals surface area contributed by atoms with Gasteiger partial charge in [-0.3, -0.25) is 0 Å². The normalized spacial score (nSPS) is 13.3. The molecule has 1 aromatic heterocycles. The molecule has 23 heavy (non-hydrogen) atoms. The van der Waals surface area contributed by atoms with Crippen LogP contribution in [0.2, 0.25) is 0 Å². The number of anilines is 1. The van der Waals surface area contributed by atoms with Crippen LogP contribution in [0.3, 0.4) is 0 Å². The van der Waals surface area contributed by atoms with E-state index in [0.29, 0.717) is 12.2 Å². The molecule has 2 amide bonds. The third-order valence-corrected chi connectivity index (χ3v) is 4.22. The molecular weight excluding hydrogens is 312 g/mol. The molecule has 5 nitrogen and oxygen atoms in total. The molecule has 0 saturated heterocycles. The molecule has 2 atom stereocenters. The van der Waals surface area contributed by atoms with Crippen LogP contribution in [0.5, 0.6) is 0 Å². The second kappa shape index (κ2) is 8.64. The zero-order valence-corrected chi connectivity index (χ0v) is 14.1. The van der Waals surface area contributed by atoms with Crippen LogP contribution in [-0.4, -0.2) is 22.9 Å². The van der Waals surface area contributed by atoms with Crippen molar-refractivity contribution in [1.29, 1.82) is 0 Å². The summed E-state index contributed by atoms with van der Waals surface area (Å²) in [6.45, 7) is 3.91. The maximum absolute atomic E-state index is 12.1. The van der Waals surface area contributed by atoms with Gasteiger partial charge in [0.15, 0.2) is 0 Å². The van der Waals surface area contributed by atoms with Gasteiger partial charge in [0.05, 0.1) is 12.0 Å². The van der Waals surface area contributed by atoms with E-state index >= 15 is 0 Å². The van der Waals surface area contributed by atoms with Crippen molar-refractivity contribution in [2.24, 2.45) is 0 Å². The summed E-state index contributed by atoms with van der Waals surface area (Å²) < 4.78 is 5.16. The molecule has 0 aliphatic carbocycles. The summed E-state index contributed by atoms with van der Waals surface area (Å²) in [4.78, 5) is 13.1. The van der Waals surface area contributed by atoms with Crippen LogP contribution in [0.4, 0.5) is 10.5 Å². The molecule has 1 heterocycles. The van der Waals surface area contributed by atoms with Gasteiger partial charge in [-0.2, -0.15) is 0 Å². The van der Waals surface area contributed by atoms with Crippen molar-refractivity contribution in [2.75, 3.05) is 11.1 Å². The molecule has 0 unspecified atom stereocenters. The molecular formula is C17H22N2O3S. The van der Waals surface area contributed by atoms with Gasteiger partial charge in [0, 0.05) is 17.4 Å². The average molecular weight is 334 g/mol. The molecule has 0 fully saturated rings. The molecule has 0 aliphatic rings. The summed E-state index contributed by atoms with van der Waals surface area (Å²) in [6.07, 6.45) is 1.17. The van der Waals surface area contributed by atoms with Crippen molar-refractivity contribution in [3.05, 3.63) is 48.4 Å². The molecule has 124 valence electrons. The lowest BCUT2D eigenvalue weighted by Gasteiger charge is -2.18. The highest BCUT2D eigenvalue weighted by Gasteiger charge is 2.16. The first-order valence-electron chi connectivity index (χ1n) is 7.61. The van der Waals surface area contributed by atoms with Gasteiger partial charge in [0.25, 0.3) is 0 Å². The number of benzene rings is 1. The Morgan fingerprint density at radius 1 is 1.30 bits per heavy atom. The molecule has 6 heteroatoms. The Bertz CT molecular complexity index is 616. The van der Waals surface area contributed by atoms with Crippen LogP contribution in [0.1, 0.15) is 32.1 Å². The first-order valence-corrected chi connectivity index (χ1v) is 8.59. The third kappa shape index (κ3) is 5.33. The summed E-state index contributed by atoms with van der Waals surface area (Å²) in [6, 6.07) is 10.7. The van der Waals surface area contributed by atoms with Crippen LogP contribution in [0, 0.1) is 0 Å². The number of nitrogens with one attached hydrogen (secondary N) is 2. The molecule has 0 spiro atoms. The van der Waals surface area contributed by atoms with E-state index in [9.17, 15) is 9.90 Å². The van der Waals surface area contributed by atoms with E-state index in [-0.39, 0.29) is 12.1 Å². The number of hydrogen-bond acceptors (Lipinski definition) is 4.